The van der Waals surface area contributed by atoms with E-state index in [-0.39, 0.29) is 31.6 Å². The number of hydrogen-bond acceptors (Lipinski definition) is 7. The summed E-state index contributed by atoms with van der Waals surface area (Å²) in [5.74, 6) is 2.60. The molecule has 0 radical (unpaired) electrons. The van der Waals surface area contributed by atoms with Crippen LogP contribution in [0.2, 0.25) is 20.1 Å². The van der Waals surface area contributed by atoms with Crippen LogP contribution in [0.5, 0.6) is 34.5 Å². The van der Waals surface area contributed by atoms with Gasteiger partial charge in [-0.15, -0.1) is 0 Å². The summed E-state index contributed by atoms with van der Waals surface area (Å²) in [5.41, 5.74) is 14.3. The molecule has 7 nitrogen and oxygen atoms in total. The molecule has 0 amide bonds. The standard InChI is InChI=1S/C54H44N3O2.C6H2Cl4O2.Bi/c1-36-7-17-42(18-8-36)55-47-27-29-51(56(43-19-9-37(2)10-20-43)44-21-11-38(3)12-22-44)53(33-47)58-49-31-41(6)32-50(35-49)59-54-34-48(55)28-30-52(54)57(45-23-13-39(4)14-24-45)46-25-15-40(5)16-26-46;7-1-2(8)4(10)6(12)5(11)3(1)9;/h7-32H,1-6H3;11-12H;/q;;+2/p-2. The van der Waals surface area contributed by atoms with Gasteiger partial charge in [0.1, 0.15) is 0 Å². The quantitative estimate of drug-likeness (QED) is 0.0895. The Morgan fingerprint density at radius 2 is 0.694 bits per heavy atom. The molecule has 0 bridgehead atoms. The van der Waals surface area contributed by atoms with Crippen LogP contribution in [0.25, 0.3) is 0 Å². The minimum absolute atomic E-state index is 0.0612. The van der Waals surface area contributed by atoms with E-state index < -0.39 is 19.7 Å². The van der Waals surface area contributed by atoms with Crippen molar-refractivity contribution in [2.75, 3.05) is 14.7 Å². The van der Waals surface area contributed by atoms with Crippen molar-refractivity contribution < 1.29 is 15.1 Å². The molecule has 13 rings (SSSR count). The molecular formula is C60H44BiCl4N3O4. The number of ether oxygens (including phenoxy) is 2. The van der Waals surface area contributed by atoms with Crippen molar-refractivity contribution >= 4 is 127 Å². The van der Waals surface area contributed by atoms with Gasteiger partial charge in [-0.3, -0.25) is 0 Å². The number of rotatable bonds is 7. The first-order chi connectivity index (χ1) is 34.7. The number of benzene rings is 9. The van der Waals surface area contributed by atoms with Crippen LogP contribution in [0, 0.1) is 41.5 Å². The van der Waals surface area contributed by atoms with Gasteiger partial charge in [0.05, 0.1) is 0 Å². The second kappa shape index (κ2) is 16.3. The average molecular weight is 1220 g/mol. The van der Waals surface area contributed by atoms with Crippen molar-refractivity contribution in [2.45, 2.75) is 41.5 Å². The van der Waals surface area contributed by atoms with Crippen molar-refractivity contribution in [1.82, 2.24) is 0 Å². The van der Waals surface area contributed by atoms with Gasteiger partial charge >= 0.3 is 444 Å². The molecule has 0 unspecified atom stereocenters. The maximum atomic E-state index is 8.16. The number of anilines is 9. The van der Waals surface area contributed by atoms with Crippen LogP contribution >= 0.6 is 46.4 Å². The van der Waals surface area contributed by atoms with Crippen molar-refractivity contribution in [2.24, 2.45) is 0 Å². The van der Waals surface area contributed by atoms with Crippen molar-refractivity contribution in [3.63, 3.8) is 0 Å². The summed E-state index contributed by atoms with van der Waals surface area (Å²) in [6, 6.07) is 55.3. The first-order valence-corrected chi connectivity index (χ1v) is 33.2. The van der Waals surface area contributed by atoms with Gasteiger partial charge in [-0.1, -0.05) is 0 Å². The van der Waals surface area contributed by atoms with Gasteiger partial charge in [0.25, 0.3) is 0 Å². The Balaban J connectivity index is 1.24. The molecule has 0 aliphatic carbocycles. The van der Waals surface area contributed by atoms with Crippen LogP contribution in [-0.4, -0.2) is 19.7 Å². The molecule has 4 aliphatic heterocycles. The Morgan fingerprint density at radius 1 is 0.361 bits per heavy atom. The molecule has 356 valence electrons. The van der Waals surface area contributed by atoms with Gasteiger partial charge in [-0.05, 0) is 0 Å². The van der Waals surface area contributed by atoms with Gasteiger partial charge < -0.3 is 0 Å². The van der Waals surface area contributed by atoms with E-state index in [1.165, 1.54) is 0 Å². The summed E-state index contributed by atoms with van der Waals surface area (Å²) in [7, 11) is 0. The van der Waals surface area contributed by atoms with Crippen molar-refractivity contribution in [3.8, 4) is 34.5 Å². The molecule has 0 fully saturated rings. The Labute approximate surface area is 440 Å². The van der Waals surface area contributed by atoms with E-state index in [2.05, 4.69) is 195 Å². The Hall–Kier alpha value is -6.38. The van der Waals surface area contributed by atoms with E-state index in [0.717, 1.165) is 91.1 Å². The van der Waals surface area contributed by atoms with Crippen molar-refractivity contribution in [3.05, 3.63) is 211 Å². The molecule has 0 saturated carbocycles. The number of fused-ring (bicyclic) bond motifs is 1. The predicted octanol–water partition coefficient (Wildman–Crippen LogP) is 17.0. The van der Waals surface area contributed by atoms with Gasteiger partial charge in [-0.25, -0.2) is 0 Å². The van der Waals surface area contributed by atoms with E-state index in [1.54, 1.807) is 0 Å². The minimum atomic E-state index is -6.80. The fourth-order valence-corrected chi connectivity index (χ4v) is 33.7. The molecule has 4 heterocycles. The summed E-state index contributed by atoms with van der Waals surface area (Å²) < 4.78 is 33.6. The van der Waals surface area contributed by atoms with Crippen LogP contribution in [0.4, 0.5) is 51.2 Å². The Bertz CT molecular complexity index is 3470. The zero-order chi connectivity index (χ0) is 49.6. The number of aryl methyl sites for hydroxylation is 6. The number of halogens is 4. The van der Waals surface area contributed by atoms with Crippen LogP contribution in [0.1, 0.15) is 33.4 Å². The average Bonchev–Trinajstić information content (AvgIpc) is 3.72. The molecule has 0 saturated heterocycles. The van der Waals surface area contributed by atoms with E-state index in [4.69, 9.17) is 61.5 Å². The third-order valence-electron chi connectivity index (χ3n) is 14.1. The molecule has 1 spiro atoms. The molecular weight excluding hydrogens is 1180 g/mol. The molecule has 0 N–H and O–H groups in total. The van der Waals surface area contributed by atoms with Gasteiger partial charge in [0.2, 0.25) is 0 Å². The summed E-state index contributed by atoms with van der Waals surface area (Å²) in [6.45, 7) is 12.5. The molecule has 72 heavy (non-hydrogen) atoms. The molecule has 9 aromatic carbocycles. The zero-order valence-electron chi connectivity index (χ0n) is 39.9. The van der Waals surface area contributed by atoms with E-state index in [0.29, 0.717) is 26.3 Å². The summed E-state index contributed by atoms with van der Waals surface area (Å²) in [6.07, 6.45) is 0. The SMILES string of the molecule is Cc1ccc(N(c2ccc(C)cc2)c2ccc3[c]4c2Oc2cc(C)cc5[c]2[Bi]42([O]c4c(Cl)c(Cl)c(Cl)c(Cl)c4[O]2)[c]2c(ccc(N(c4ccc(C)cc4)c4ccc(C)cc4)c2O5)N3c2ccc(C)cc2)cc1. The van der Waals surface area contributed by atoms with Crippen LogP contribution in [-0.2, 0) is 0 Å². The summed E-state index contributed by atoms with van der Waals surface area (Å²) in [5, 5.41) is 0.307. The Kier molecular flexibility index (Phi) is 10.3. The molecule has 4 aliphatic rings. The molecule has 0 atom stereocenters. The van der Waals surface area contributed by atoms with Gasteiger partial charge in [0.15, 0.2) is 0 Å². The normalized spacial score (nSPS) is 15.0. The second-order valence-electron chi connectivity index (χ2n) is 19.1. The van der Waals surface area contributed by atoms with Gasteiger partial charge in [-0.2, -0.15) is 0 Å². The van der Waals surface area contributed by atoms with Crippen LogP contribution < -0.4 is 39.6 Å². The van der Waals surface area contributed by atoms with Crippen LogP contribution in [0.15, 0.2) is 158 Å². The first-order valence-electron chi connectivity index (χ1n) is 23.6. The maximum absolute atomic E-state index is 8.16. The Morgan fingerprint density at radius 3 is 1.04 bits per heavy atom. The fourth-order valence-electron chi connectivity index (χ4n) is 10.8. The molecule has 0 aromatic heterocycles. The van der Waals surface area contributed by atoms with E-state index >= 15 is 0 Å². The first kappa shape index (κ1) is 45.5. The number of hydrogen-bond donors (Lipinski definition) is 0. The summed E-state index contributed by atoms with van der Waals surface area (Å²) in [4.78, 5) is 6.75. The molecule has 12 heteroatoms. The topological polar surface area (TPSA) is 46.6 Å². The van der Waals surface area contributed by atoms with Crippen LogP contribution in [0.3, 0.4) is 0 Å². The van der Waals surface area contributed by atoms with E-state index in [9.17, 15) is 0 Å². The second-order valence-corrected chi connectivity index (χ2v) is 34.7. The third-order valence-corrected chi connectivity index (χ3v) is 34.6. The van der Waals surface area contributed by atoms with E-state index in [1.807, 2.05) is 19.1 Å². The predicted molar refractivity (Wildman–Crippen MR) is 298 cm³/mol. The van der Waals surface area contributed by atoms with Gasteiger partial charge in [0, 0.05) is 0 Å². The zero-order valence-corrected chi connectivity index (χ0v) is 46.4. The number of nitrogens with zero attached hydrogens (tertiary/aromatic N) is 3. The fraction of sp³-hybridized carbons (Fsp3) is 0.100. The molecule has 9 aromatic rings. The third kappa shape index (κ3) is 6.39. The summed E-state index contributed by atoms with van der Waals surface area (Å²) >= 11 is 22.0. The van der Waals surface area contributed by atoms with Crippen molar-refractivity contribution in [1.29, 1.82) is 0 Å². The monoisotopic (exact) mass is 1220 g/mol.